The highest BCUT2D eigenvalue weighted by molar-refractivity contribution is 5.76. The molecule has 1 aliphatic carbocycles. The highest BCUT2D eigenvalue weighted by Crippen LogP contribution is 2.51. The molecule has 4 rings (SSSR count). The first kappa shape index (κ1) is 28.3. The molecule has 38 heavy (non-hydrogen) atoms. The number of carbonyl (C=O) groups excluding carboxylic acids is 2. The monoisotopic (exact) mass is 520 g/mol. The second-order valence-corrected chi connectivity index (χ2v) is 11.3. The molecule has 2 fully saturated rings. The summed E-state index contributed by atoms with van der Waals surface area (Å²) in [5, 5.41) is 0. The zero-order valence-electron chi connectivity index (χ0n) is 23.5. The van der Waals surface area contributed by atoms with Crippen LogP contribution in [-0.2, 0) is 26.2 Å². The fourth-order valence-corrected chi connectivity index (χ4v) is 6.71. The van der Waals surface area contributed by atoms with E-state index in [0.29, 0.717) is 18.1 Å². The Hall–Kier alpha value is -2.70. The molecule has 0 N–H and O–H groups in total. The number of hydrogen-bond acceptors (Lipinski definition) is 5. The number of nitrogens with zero attached hydrogens (tertiary/aromatic N) is 2. The molecule has 1 saturated carbocycles. The van der Waals surface area contributed by atoms with E-state index in [0.717, 1.165) is 58.0 Å². The van der Waals surface area contributed by atoms with Crippen LogP contribution >= 0.6 is 0 Å². The molecule has 1 aliphatic heterocycles. The molecule has 4 atom stereocenters. The summed E-state index contributed by atoms with van der Waals surface area (Å²) in [6.07, 6.45) is 7.49. The average Bonchev–Trinajstić information content (AvgIpc) is 2.92. The number of methoxy groups -OCH3 is 1. The average molecular weight is 521 g/mol. The molecule has 2 aliphatic rings. The van der Waals surface area contributed by atoms with Crippen LogP contribution in [0.3, 0.4) is 0 Å². The Bertz CT molecular complexity index is 1070. The maximum atomic E-state index is 13.3. The third-order valence-corrected chi connectivity index (χ3v) is 8.82. The van der Waals surface area contributed by atoms with Gasteiger partial charge in [0.1, 0.15) is 5.75 Å². The number of ether oxygens (including phenoxy) is 2. The predicted octanol–water partition coefficient (Wildman–Crippen LogP) is 5.24. The van der Waals surface area contributed by atoms with Crippen LogP contribution in [0, 0.1) is 5.92 Å². The lowest BCUT2D eigenvalue weighted by atomic mass is 9.56. The van der Waals surface area contributed by atoms with E-state index in [9.17, 15) is 9.59 Å². The van der Waals surface area contributed by atoms with E-state index < -0.39 is 0 Å². The van der Waals surface area contributed by atoms with Gasteiger partial charge in [-0.2, -0.15) is 0 Å². The summed E-state index contributed by atoms with van der Waals surface area (Å²) in [5.41, 5.74) is 2.40. The molecule has 1 amide bonds. The highest BCUT2D eigenvalue weighted by Gasteiger charge is 2.53. The van der Waals surface area contributed by atoms with Gasteiger partial charge in [-0.1, -0.05) is 48.9 Å². The number of hydrogen-bond donors (Lipinski definition) is 0. The highest BCUT2D eigenvalue weighted by atomic mass is 16.5. The number of rotatable bonds is 10. The summed E-state index contributed by atoms with van der Waals surface area (Å²) in [7, 11) is 5.95. The Morgan fingerprint density at radius 1 is 1.08 bits per heavy atom. The smallest absolute Gasteiger partial charge is 0.308 e. The van der Waals surface area contributed by atoms with E-state index in [1.54, 1.807) is 7.11 Å². The van der Waals surface area contributed by atoms with Crippen LogP contribution in [0.25, 0.3) is 0 Å². The zero-order chi connectivity index (χ0) is 27.1. The van der Waals surface area contributed by atoms with Crippen molar-refractivity contribution in [2.24, 2.45) is 5.92 Å². The molecule has 1 saturated heterocycles. The minimum atomic E-state index is -0.315. The second kappa shape index (κ2) is 12.9. The van der Waals surface area contributed by atoms with Crippen molar-refractivity contribution in [1.29, 1.82) is 0 Å². The van der Waals surface area contributed by atoms with Crippen LogP contribution in [0.1, 0.15) is 63.0 Å². The Balaban J connectivity index is 1.46. The predicted molar refractivity (Wildman–Crippen MR) is 150 cm³/mol. The number of benzene rings is 2. The molecule has 2 aromatic carbocycles. The van der Waals surface area contributed by atoms with E-state index in [-0.39, 0.29) is 29.4 Å². The summed E-state index contributed by atoms with van der Waals surface area (Å²) >= 11 is 0. The van der Waals surface area contributed by atoms with Gasteiger partial charge in [0, 0.05) is 51.4 Å². The Kier molecular flexibility index (Phi) is 9.61. The number of esters is 1. The number of piperidine rings is 1. The number of amides is 1. The standard InChI is InChI=1S/C32H44N2O4/c1-24(35)38-28-16-11-15-26(20-28)32-18-19-33(2)23-29(32)30(37-4)21-27(22-32)34(3)31(36)17-10-6-9-14-25-12-7-5-8-13-25/h5,7-8,11-13,15-16,20,27,29-30H,6,9-10,14,17-19,21-23H2,1-4H3/t27-,29-,30?,32-/m0/s1. The molecule has 1 unspecified atom stereocenters. The summed E-state index contributed by atoms with van der Waals surface area (Å²) in [6, 6.07) is 18.7. The fraction of sp³-hybridized carbons (Fsp3) is 0.562. The summed E-state index contributed by atoms with van der Waals surface area (Å²) in [5.74, 6) is 0.791. The van der Waals surface area contributed by atoms with Crippen molar-refractivity contribution in [3.05, 3.63) is 65.7 Å². The molecular weight excluding hydrogens is 476 g/mol. The first-order valence-corrected chi connectivity index (χ1v) is 14.1. The maximum Gasteiger partial charge on any atom is 0.308 e. The molecule has 2 aromatic rings. The van der Waals surface area contributed by atoms with Crippen LogP contribution < -0.4 is 4.74 Å². The lowest BCUT2D eigenvalue weighted by Gasteiger charge is -2.56. The van der Waals surface area contributed by atoms with Gasteiger partial charge in [0.2, 0.25) is 5.91 Å². The lowest BCUT2D eigenvalue weighted by molar-refractivity contribution is -0.137. The van der Waals surface area contributed by atoms with Gasteiger partial charge in [-0.25, -0.2) is 0 Å². The number of fused-ring (bicyclic) bond motifs is 1. The SMILES string of the molecule is COC1C[C@H](N(C)C(=O)CCCCCc2ccccc2)C[C@]2(c3cccc(OC(C)=O)c3)CCN(C)C[C@@H]12. The largest absolute Gasteiger partial charge is 0.427 e. The molecule has 0 bridgehead atoms. The van der Waals surface area contributed by atoms with Gasteiger partial charge in [0.25, 0.3) is 0 Å². The topological polar surface area (TPSA) is 59.1 Å². The minimum absolute atomic E-state index is 0.0509. The van der Waals surface area contributed by atoms with Crippen molar-refractivity contribution in [1.82, 2.24) is 9.80 Å². The number of likely N-dealkylation sites (tertiary alicyclic amines) is 1. The van der Waals surface area contributed by atoms with Crippen LogP contribution in [0.2, 0.25) is 0 Å². The molecule has 0 spiro atoms. The van der Waals surface area contributed by atoms with Gasteiger partial charge in [-0.05, 0) is 75.4 Å². The van der Waals surface area contributed by atoms with Crippen LogP contribution in [0.15, 0.2) is 54.6 Å². The van der Waals surface area contributed by atoms with Crippen LogP contribution in [0.4, 0.5) is 0 Å². The summed E-state index contributed by atoms with van der Waals surface area (Å²) in [4.78, 5) is 29.3. The van der Waals surface area contributed by atoms with Crippen molar-refractivity contribution in [2.45, 2.75) is 75.9 Å². The maximum absolute atomic E-state index is 13.3. The van der Waals surface area contributed by atoms with Gasteiger partial charge in [-0.3, -0.25) is 9.59 Å². The summed E-state index contributed by atoms with van der Waals surface area (Å²) in [6.45, 7) is 3.36. The molecule has 0 aromatic heterocycles. The van der Waals surface area contributed by atoms with E-state index in [1.165, 1.54) is 18.1 Å². The van der Waals surface area contributed by atoms with Gasteiger partial charge >= 0.3 is 5.97 Å². The van der Waals surface area contributed by atoms with Crippen LogP contribution in [-0.4, -0.2) is 68.1 Å². The molecule has 0 radical (unpaired) electrons. The van der Waals surface area contributed by atoms with Gasteiger partial charge in [0.05, 0.1) is 6.10 Å². The quantitative estimate of drug-likeness (QED) is 0.244. The van der Waals surface area contributed by atoms with E-state index >= 15 is 0 Å². The molecule has 1 heterocycles. The Labute approximate surface area is 228 Å². The van der Waals surface area contributed by atoms with Crippen LogP contribution in [0.5, 0.6) is 5.75 Å². The van der Waals surface area contributed by atoms with Gasteiger partial charge < -0.3 is 19.3 Å². The molecular formula is C32H44N2O4. The lowest BCUT2D eigenvalue weighted by Crippen LogP contribution is -2.61. The van der Waals surface area contributed by atoms with Crippen molar-refractivity contribution in [2.75, 3.05) is 34.3 Å². The number of carbonyl (C=O) groups is 2. The third-order valence-electron chi connectivity index (χ3n) is 8.82. The van der Waals surface area contributed by atoms with Crippen molar-refractivity contribution >= 4 is 11.9 Å². The number of aryl methyl sites for hydroxylation is 1. The van der Waals surface area contributed by atoms with Crippen molar-refractivity contribution in [3.8, 4) is 5.75 Å². The van der Waals surface area contributed by atoms with E-state index in [1.807, 2.05) is 36.2 Å². The zero-order valence-corrected chi connectivity index (χ0v) is 23.5. The Morgan fingerprint density at radius 2 is 1.87 bits per heavy atom. The van der Waals surface area contributed by atoms with E-state index in [2.05, 4.69) is 42.3 Å². The van der Waals surface area contributed by atoms with Crippen molar-refractivity contribution in [3.63, 3.8) is 0 Å². The van der Waals surface area contributed by atoms with E-state index in [4.69, 9.17) is 9.47 Å². The molecule has 6 nitrogen and oxygen atoms in total. The molecule has 6 heteroatoms. The summed E-state index contributed by atoms with van der Waals surface area (Å²) < 4.78 is 11.6. The molecule has 206 valence electrons. The first-order valence-electron chi connectivity index (χ1n) is 14.1. The Morgan fingerprint density at radius 3 is 2.61 bits per heavy atom. The second-order valence-electron chi connectivity index (χ2n) is 11.3. The van der Waals surface area contributed by atoms with Crippen molar-refractivity contribution < 1.29 is 19.1 Å². The fourth-order valence-electron chi connectivity index (χ4n) is 6.71. The number of unbranched alkanes of at least 4 members (excludes halogenated alkanes) is 2. The van der Waals surface area contributed by atoms with Gasteiger partial charge in [-0.15, -0.1) is 0 Å². The first-order chi connectivity index (χ1) is 18.3. The van der Waals surface area contributed by atoms with Gasteiger partial charge in [0.15, 0.2) is 0 Å². The third kappa shape index (κ3) is 6.65. The minimum Gasteiger partial charge on any atom is -0.427 e. The normalized spacial score (nSPS) is 25.4.